The van der Waals surface area contributed by atoms with Crippen molar-refractivity contribution in [2.24, 2.45) is 0 Å². The van der Waals surface area contributed by atoms with Crippen molar-refractivity contribution in [1.82, 2.24) is 4.90 Å². The van der Waals surface area contributed by atoms with Crippen molar-refractivity contribution in [1.29, 1.82) is 0 Å². The third-order valence-electron chi connectivity index (χ3n) is 4.47. The van der Waals surface area contributed by atoms with E-state index in [1.54, 1.807) is 4.90 Å². The highest BCUT2D eigenvalue weighted by Crippen LogP contribution is 2.33. The number of anilines is 1. The number of nitrogens with zero attached hydrogens (tertiary/aromatic N) is 2. The van der Waals surface area contributed by atoms with Gasteiger partial charge in [-0.3, -0.25) is 14.5 Å². The fourth-order valence-electron chi connectivity index (χ4n) is 2.94. The fourth-order valence-corrected chi connectivity index (χ4v) is 4.25. The first-order valence-electron chi connectivity index (χ1n) is 9.28. The fraction of sp³-hybridized carbons (Fsp3) is 0.450. The molecule has 1 aromatic carbocycles. The highest BCUT2D eigenvalue weighted by Gasteiger charge is 2.31. The standard InChI is InChI=1S/C20H26N2O3S2/c1-3-21(4-2)16-11-9-15(10-12-16)14-17-19(25)22(20(26)27-17)13-7-5-6-8-18(23)24/h9-12,14H,3-8,13H2,1-2H3,(H,23,24)/b17-14-. The molecule has 0 radical (unpaired) electrons. The van der Waals surface area contributed by atoms with Crippen LogP contribution in [0, 0.1) is 0 Å². The molecule has 1 aromatic rings. The zero-order valence-corrected chi connectivity index (χ0v) is 17.4. The van der Waals surface area contributed by atoms with Gasteiger partial charge in [-0.2, -0.15) is 0 Å². The number of hydrogen-bond acceptors (Lipinski definition) is 5. The molecule has 146 valence electrons. The van der Waals surface area contributed by atoms with Crippen LogP contribution in [-0.4, -0.2) is 45.8 Å². The Morgan fingerprint density at radius 1 is 1.19 bits per heavy atom. The van der Waals surface area contributed by atoms with Crippen LogP contribution in [0.4, 0.5) is 5.69 Å². The van der Waals surface area contributed by atoms with Gasteiger partial charge in [0.25, 0.3) is 5.91 Å². The summed E-state index contributed by atoms with van der Waals surface area (Å²) in [6, 6.07) is 8.18. The first-order valence-corrected chi connectivity index (χ1v) is 10.5. The van der Waals surface area contributed by atoms with E-state index in [-0.39, 0.29) is 12.3 Å². The predicted molar refractivity (Wildman–Crippen MR) is 116 cm³/mol. The second-order valence-electron chi connectivity index (χ2n) is 6.30. The largest absolute Gasteiger partial charge is 0.481 e. The number of thiocarbonyl (C=S) groups is 1. The van der Waals surface area contributed by atoms with Crippen molar-refractivity contribution in [3.63, 3.8) is 0 Å². The smallest absolute Gasteiger partial charge is 0.303 e. The summed E-state index contributed by atoms with van der Waals surface area (Å²) in [6.45, 7) is 6.72. The summed E-state index contributed by atoms with van der Waals surface area (Å²) in [6.07, 6.45) is 4.21. The number of hydrogen-bond donors (Lipinski definition) is 1. The van der Waals surface area contributed by atoms with Gasteiger partial charge >= 0.3 is 5.97 Å². The number of unbranched alkanes of at least 4 members (excludes halogenated alkanes) is 2. The Balaban J connectivity index is 1.96. The molecule has 0 atom stereocenters. The van der Waals surface area contributed by atoms with Crippen LogP contribution in [0.2, 0.25) is 0 Å². The van der Waals surface area contributed by atoms with Crippen molar-refractivity contribution in [2.45, 2.75) is 39.5 Å². The monoisotopic (exact) mass is 406 g/mol. The highest BCUT2D eigenvalue weighted by molar-refractivity contribution is 8.26. The van der Waals surface area contributed by atoms with Gasteiger partial charge in [0.1, 0.15) is 4.32 Å². The van der Waals surface area contributed by atoms with Gasteiger partial charge in [-0.1, -0.05) is 42.5 Å². The van der Waals surface area contributed by atoms with Crippen molar-refractivity contribution >= 4 is 51.9 Å². The van der Waals surface area contributed by atoms with Crippen molar-refractivity contribution in [3.8, 4) is 0 Å². The molecule has 1 aliphatic heterocycles. The maximum atomic E-state index is 12.6. The molecule has 1 fully saturated rings. The zero-order chi connectivity index (χ0) is 19.8. The van der Waals surface area contributed by atoms with Crippen molar-refractivity contribution in [2.75, 3.05) is 24.5 Å². The zero-order valence-electron chi connectivity index (χ0n) is 15.8. The SMILES string of the molecule is CCN(CC)c1ccc(/C=C2\SC(=S)N(CCCCCC(=O)O)C2=O)cc1. The minimum absolute atomic E-state index is 0.0592. The second kappa shape index (κ2) is 10.5. The maximum absolute atomic E-state index is 12.6. The summed E-state index contributed by atoms with van der Waals surface area (Å²) in [4.78, 5) is 27.7. The molecule has 0 aromatic heterocycles. The van der Waals surface area contributed by atoms with Crippen LogP contribution in [0.25, 0.3) is 6.08 Å². The van der Waals surface area contributed by atoms with E-state index in [1.165, 1.54) is 17.4 Å². The molecule has 0 aliphatic carbocycles. The lowest BCUT2D eigenvalue weighted by atomic mass is 10.1. The Kier molecular flexibility index (Phi) is 8.31. The van der Waals surface area contributed by atoms with E-state index in [4.69, 9.17) is 17.3 Å². The van der Waals surface area contributed by atoms with E-state index in [0.29, 0.717) is 22.2 Å². The summed E-state index contributed by atoms with van der Waals surface area (Å²) in [5.74, 6) is -0.841. The van der Waals surface area contributed by atoms with Gasteiger partial charge in [-0.15, -0.1) is 0 Å². The topological polar surface area (TPSA) is 60.9 Å². The number of carboxylic acids is 1. The number of rotatable bonds is 10. The molecule has 5 nitrogen and oxygen atoms in total. The molecule has 2 rings (SSSR count). The molecule has 1 aliphatic rings. The van der Waals surface area contributed by atoms with Gasteiger partial charge in [0.2, 0.25) is 0 Å². The Morgan fingerprint density at radius 3 is 2.44 bits per heavy atom. The van der Waals surface area contributed by atoms with Crippen molar-refractivity contribution < 1.29 is 14.7 Å². The van der Waals surface area contributed by atoms with E-state index in [1.807, 2.05) is 18.2 Å². The molecule has 1 N–H and O–H groups in total. The summed E-state index contributed by atoms with van der Waals surface area (Å²) in [5.41, 5.74) is 2.15. The predicted octanol–water partition coefficient (Wildman–Crippen LogP) is 4.38. The first kappa shape index (κ1) is 21.4. The first-order chi connectivity index (χ1) is 13.0. The normalized spacial score (nSPS) is 15.6. The van der Waals surface area contributed by atoms with Gasteiger partial charge in [0.05, 0.1) is 4.91 Å². The van der Waals surface area contributed by atoms with Crippen LogP contribution in [-0.2, 0) is 9.59 Å². The quantitative estimate of drug-likeness (QED) is 0.353. The number of carbonyl (C=O) groups excluding carboxylic acids is 1. The van der Waals surface area contributed by atoms with E-state index >= 15 is 0 Å². The van der Waals surface area contributed by atoms with Crippen LogP contribution in [0.3, 0.4) is 0 Å². The molecule has 1 saturated heterocycles. The van der Waals surface area contributed by atoms with Crippen molar-refractivity contribution in [3.05, 3.63) is 34.7 Å². The summed E-state index contributed by atoms with van der Waals surface area (Å²) in [7, 11) is 0. The van der Waals surface area contributed by atoms with Crippen LogP contribution in [0.1, 0.15) is 45.1 Å². The molecule has 0 bridgehead atoms. The lowest BCUT2D eigenvalue weighted by Crippen LogP contribution is -2.29. The number of thioether (sulfide) groups is 1. The minimum atomic E-state index is -0.782. The molecular weight excluding hydrogens is 380 g/mol. The molecule has 0 saturated carbocycles. The van der Waals surface area contributed by atoms with E-state index in [2.05, 4.69) is 30.9 Å². The van der Waals surface area contributed by atoms with Gasteiger partial charge in [-0.05, 0) is 50.5 Å². The summed E-state index contributed by atoms with van der Waals surface area (Å²) in [5, 5.41) is 8.66. The van der Waals surface area contributed by atoms with Gasteiger partial charge < -0.3 is 10.0 Å². The Labute approximate surface area is 170 Å². The van der Waals surface area contributed by atoms with Crippen LogP contribution in [0.5, 0.6) is 0 Å². The Hall–Kier alpha value is -1.86. The number of aliphatic carboxylic acids is 1. The average Bonchev–Trinajstić information content (AvgIpc) is 2.90. The average molecular weight is 407 g/mol. The minimum Gasteiger partial charge on any atom is -0.481 e. The molecule has 1 amide bonds. The van der Waals surface area contributed by atoms with Gasteiger partial charge in [0.15, 0.2) is 0 Å². The summed E-state index contributed by atoms with van der Waals surface area (Å²) < 4.78 is 0.573. The molecule has 0 spiro atoms. The third-order valence-corrected chi connectivity index (χ3v) is 5.84. The molecule has 1 heterocycles. The number of amides is 1. The Morgan fingerprint density at radius 2 is 1.85 bits per heavy atom. The molecular formula is C20H26N2O3S2. The number of benzene rings is 1. The highest BCUT2D eigenvalue weighted by atomic mass is 32.2. The van der Waals surface area contributed by atoms with E-state index < -0.39 is 5.97 Å². The Bertz CT molecular complexity index is 712. The summed E-state index contributed by atoms with van der Waals surface area (Å²) >= 11 is 6.67. The van der Waals surface area contributed by atoms with Crippen LogP contribution in [0.15, 0.2) is 29.2 Å². The van der Waals surface area contributed by atoms with Gasteiger partial charge in [-0.25, -0.2) is 0 Å². The molecule has 7 heteroatoms. The lowest BCUT2D eigenvalue weighted by Gasteiger charge is -2.20. The van der Waals surface area contributed by atoms with Crippen LogP contribution >= 0.6 is 24.0 Å². The third kappa shape index (κ3) is 6.07. The molecule has 0 unspecified atom stereocenters. The number of carbonyl (C=O) groups is 2. The van der Waals surface area contributed by atoms with Gasteiger partial charge in [0, 0.05) is 31.7 Å². The maximum Gasteiger partial charge on any atom is 0.303 e. The second-order valence-corrected chi connectivity index (χ2v) is 7.98. The van der Waals surface area contributed by atoms with E-state index in [0.717, 1.165) is 31.5 Å². The number of carboxylic acid groups (broad SMARTS) is 1. The van der Waals surface area contributed by atoms with Crippen LogP contribution < -0.4 is 4.90 Å². The van der Waals surface area contributed by atoms with E-state index in [9.17, 15) is 9.59 Å². The molecule has 27 heavy (non-hydrogen) atoms. The lowest BCUT2D eigenvalue weighted by molar-refractivity contribution is -0.137.